The third kappa shape index (κ3) is 4.95. The smallest absolute Gasteiger partial charge is 0.321 e. The Bertz CT molecular complexity index is 1040. The number of likely N-dealkylation sites (N-methyl/N-ethyl adjacent to an activating group) is 1. The van der Waals surface area contributed by atoms with Crippen molar-refractivity contribution in [1.29, 1.82) is 0 Å². The second kappa shape index (κ2) is 8.39. The summed E-state index contributed by atoms with van der Waals surface area (Å²) in [5.74, 6) is -1.38. The number of hydrogen-bond donors (Lipinski definition) is 0. The molecule has 2 aromatic rings. The van der Waals surface area contributed by atoms with E-state index < -0.39 is 38.4 Å². The predicted octanol–water partition coefficient (Wildman–Crippen LogP) is 1.03. The van der Waals surface area contributed by atoms with Crippen LogP contribution < -0.4 is 0 Å². The Hall–Kier alpha value is -2.28. The molecule has 1 aromatic carbocycles. The molecule has 1 heterocycles. The minimum absolute atomic E-state index is 0.0813. The number of hydrogen-bond acceptors (Lipinski definition) is 7. The van der Waals surface area contributed by atoms with Gasteiger partial charge in [0.05, 0.1) is 4.90 Å². The molecule has 0 N–H and O–H groups in total. The number of ether oxygens (including phenoxy) is 1. The summed E-state index contributed by atoms with van der Waals surface area (Å²) in [5.41, 5.74) is 0. The van der Waals surface area contributed by atoms with Crippen LogP contribution in [0.25, 0.3) is 0 Å². The van der Waals surface area contributed by atoms with E-state index in [0.717, 1.165) is 32.9 Å². The van der Waals surface area contributed by atoms with E-state index in [0.29, 0.717) is 0 Å². The van der Waals surface area contributed by atoms with E-state index in [2.05, 4.69) is 0 Å². The maximum atomic E-state index is 12.9. The van der Waals surface area contributed by atoms with Gasteiger partial charge in [0, 0.05) is 21.1 Å². The maximum Gasteiger partial charge on any atom is 0.321 e. The van der Waals surface area contributed by atoms with Gasteiger partial charge in [0.2, 0.25) is 15.1 Å². The summed E-state index contributed by atoms with van der Waals surface area (Å²) in [6.07, 6.45) is 0. The zero-order valence-corrected chi connectivity index (χ0v) is 17.0. The number of nitrogens with zero attached hydrogens (tertiary/aromatic N) is 2. The summed E-state index contributed by atoms with van der Waals surface area (Å²) in [4.78, 5) is 11.7. The molecule has 0 aliphatic heterocycles. The van der Waals surface area contributed by atoms with E-state index in [-0.39, 0.29) is 22.4 Å². The number of furan rings is 1. The van der Waals surface area contributed by atoms with E-state index >= 15 is 0 Å². The van der Waals surface area contributed by atoms with Gasteiger partial charge in [0.15, 0.2) is 0 Å². The van der Waals surface area contributed by atoms with Crippen molar-refractivity contribution in [3.05, 3.63) is 48.0 Å². The van der Waals surface area contributed by atoms with Crippen LogP contribution in [0.2, 0.25) is 0 Å². The first-order valence-corrected chi connectivity index (χ1v) is 10.7. The molecule has 28 heavy (non-hydrogen) atoms. The first-order valence-electron chi connectivity index (χ1n) is 7.83. The fourth-order valence-corrected chi connectivity index (χ4v) is 3.93. The van der Waals surface area contributed by atoms with Gasteiger partial charge in [0.25, 0.3) is 10.0 Å². The van der Waals surface area contributed by atoms with Crippen molar-refractivity contribution in [3.8, 4) is 0 Å². The Morgan fingerprint density at radius 3 is 2.18 bits per heavy atom. The van der Waals surface area contributed by atoms with Gasteiger partial charge in [-0.1, -0.05) is 0 Å². The van der Waals surface area contributed by atoms with Crippen molar-refractivity contribution in [2.24, 2.45) is 0 Å². The molecule has 0 bridgehead atoms. The molecule has 9 nitrogen and oxygen atoms in total. The fourth-order valence-electron chi connectivity index (χ4n) is 2.00. The van der Waals surface area contributed by atoms with E-state index in [9.17, 15) is 26.0 Å². The van der Waals surface area contributed by atoms with Crippen LogP contribution in [0.5, 0.6) is 0 Å². The summed E-state index contributed by atoms with van der Waals surface area (Å²) in [7, 11) is -3.90. The third-order valence-corrected chi connectivity index (χ3v) is 7.13. The van der Waals surface area contributed by atoms with Gasteiger partial charge in [-0.15, -0.1) is 0 Å². The van der Waals surface area contributed by atoms with E-state index in [1.54, 1.807) is 0 Å². The highest BCUT2D eigenvalue weighted by molar-refractivity contribution is 7.89. The topological polar surface area (TPSA) is 114 Å². The molecule has 0 radical (unpaired) electrons. The molecule has 0 aliphatic rings. The molecule has 0 saturated carbocycles. The Morgan fingerprint density at radius 2 is 1.61 bits per heavy atom. The summed E-state index contributed by atoms with van der Waals surface area (Å²) in [6.45, 7) is -0.963. The summed E-state index contributed by atoms with van der Waals surface area (Å²) in [6, 6.07) is 6.72. The highest BCUT2D eigenvalue weighted by Gasteiger charge is 2.25. The highest BCUT2D eigenvalue weighted by Crippen LogP contribution is 2.18. The molecular formula is C16H19FN2O7S2. The van der Waals surface area contributed by atoms with Crippen LogP contribution in [-0.4, -0.2) is 59.1 Å². The molecule has 0 atom stereocenters. The Kier molecular flexibility index (Phi) is 6.59. The third-order valence-electron chi connectivity index (χ3n) is 3.62. The lowest BCUT2D eigenvalue weighted by Gasteiger charge is -2.16. The summed E-state index contributed by atoms with van der Waals surface area (Å²) >= 11 is 0. The van der Waals surface area contributed by atoms with Crippen molar-refractivity contribution in [1.82, 2.24) is 8.61 Å². The van der Waals surface area contributed by atoms with Crippen LogP contribution in [0.4, 0.5) is 4.39 Å². The molecule has 0 saturated heterocycles. The van der Waals surface area contributed by atoms with Crippen LogP contribution in [0.15, 0.2) is 50.8 Å². The molecule has 0 fully saturated rings. The van der Waals surface area contributed by atoms with Gasteiger partial charge in [-0.05, 0) is 36.4 Å². The van der Waals surface area contributed by atoms with Crippen molar-refractivity contribution in [3.63, 3.8) is 0 Å². The van der Waals surface area contributed by atoms with E-state index in [1.165, 1.54) is 33.3 Å². The maximum absolute atomic E-state index is 12.9. The van der Waals surface area contributed by atoms with Gasteiger partial charge in [-0.2, -0.15) is 4.31 Å². The van der Waals surface area contributed by atoms with Crippen LogP contribution in [0.1, 0.15) is 5.76 Å². The molecule has 0 spiro atoms. The minimum atomic E-state index is -4.00. The molecular weight excluding hydrogens is 415 g/mol. The highest BCUT2D eigenvalue weighted by atomic mass is 32.2. The van der Waals surface area contributed by atoms with Gasteiger partial charge in [-0.25, -0.2) is 25.5 Å². The lowest BCUT2D eigenvalue weighted by Crippen LogP contribution is -2.33. The van der Waals surface area contributed by atoms with Crippen molar-refractivity contribution < 1.29 is 35.2 Å². The quantitative estimate of drug-likeness (QED) is 0.570. The lowest BCUT2D eigenvalue weighted by atomic mass is 10.4. The minimum Gasteiger partial charge on any atom is -0.457 e. The number of carbonyl (C=O) groups excluding carboxylic acids is 1. The predicted molar refractivity (Wildman–Crippen MR) is 95.6 cm³/mol. The van der Waals surface area contributed by atoms with Crippen LogP contribution in [-0.2, 0) is 36.2 Å². The average molecular weight is 434 g/mol. The van der Waals surface area contributed by atoms with Crippen LogP contribution >= 0.6 is 0 Å². The number of sulfonamides is 2. The molecule has 2 rings (SSSR count). The number of benzene rings is 1. The van der Waals surface area contributed by atoms with E-state index in [1.807, 2.05) is 0 Å². The standard InChI is InChI=1S/C16H19FN2O7S2/c1-18(2)28(23,24)16-9-6-13(26-16)11-25-15(20)10-19(3)27(21,22)14-7-4-12(17)5-8-14/h4-9H,10-11H2,1-3H3. The number of rotatable bonds is 8. The molecule has 1 aromatic heterocycles. The summed E-state index contributed by atoms with van der Waals surface area (Å²) in [5, 5.41) is -0.306. The second-order valence-electron chi connectivity index (χ2n) is 5.88. The Balaban J connectivity index is 1.97. The number of halogens is 1. The van der Waals surface area contributed by atoms with E-state index in [4.69, 9.17) is 9.15 Å². The molecule has 0 unspecified atom stereocenters. The normalized spacial score (nSPS) is 12.5. The largest absolute Gasteiger partial charge is 0.457 e. The fraction of sp³-hybridized carbons (Fsp3) is 0.312. The molecule has 12 heteroatoms. The van der Waals surface area contributed by atoms with Gasteiger partial charge in [-0.3, -0.25) is 4.79 Å². The SMILES string of the molecule is CN(C)S(=O)(=O)c1ccc(COC(=O)CN(C)S(=O)(=O)c2ccc(F)cc2)o1. The number of esters is 1. The zero-order chi connectivity index (χ0) is 21.1. The zero-order valence-electron chi connectivity index (χ0n) is 15.3. The number of carbonyl (C=O) groups is 1. The second-order valence-corrected chi connectivity index (χ2v) is 10.0. The average Bonchev–Trinajstić information content (AvgIpc) is 3.10. The van der Waals surface area contributed by atoms with Crippen molar-refractivity contribution >= 4 is 26.0 Å². The van der Waals surface area contributed by atoms with Gasteiger partial charge >= 0.3 is 5.97 Å². The van der Waals surface area contributed by atoms with Crippen LogP contribution in [0.3, 0.4) is 0 Å². The monoisotopic (exact) mass is 434 g/mol. The Morgan fingerprint density at radius 1 is 1.00 bits per heavy atom. The lowest BCUT2D eigenvalue weighted by molar-refractivity contribution is -0.145. The first kappa shape index (κ1) is 22.0. The van der Waals surface area contributed by atoms with Crippen LogP contribution in [0, 0.1) is 5.82 Å². The Labute approximate surface area is 162 Å². The summed E-state index contributed by atoms with van der Waals surface area (Å²) < 4.78 is 73.2. The molecule has 0 amide bonds. The molecule has 0 aliphatic carbocycles. The van der Waals surface area contributed by atoms with Crippen molar-refractivity contribution in [2.45, 2.75) is 16.6 Å². The van der Waals surface area contributed by atoms with Crippen molar-refractivity contribution in [2.75, 3.05) is 27.7 Å². The molecule has 154 valence electrons. The van der Waals surface area contributed by atoms with Gasteiger partial charge < -0.3 is 9.15 Å². The first-order chi connectivity index (χ1) is 12.9. The van der Waals surface area contributed by atoms with Gasteiger partial charge in [0.1, 0.15) is 24.7 Å².